The Bertz CT molecular complexity index is 355. The number of alkyl carbamates (subject to hydrolysis) is 1. The van der Waals surface area contributed by atoms with Crippen LogP contribution in [0.5, 0.6) is 0 Å². The summed E-state index contributed by atoms with van der Waals surface area (Å²) in [5.41, 5.74) is -1.40. The molecule has 0 saturated heterocycles. The zero-order valence-corrected chi connectivity index (χ0v) is 12.7. The van der Waals surface area contributed by atoms with E-state index in [1.54, 1.807) is 20.8 Å². The average Bonchev–Trinajstić information content (AvgIpc) is 2.75. The van der Waals surface area contributed by atoms with Gasteiger partial charge in [-0.15, -0.1) is 0 Å². The molecule has 0 aliphatic heterocycles. The summed E-state index contributed by atoms with van der Waals surface area (Å²) in [6, 6.07) is 0. The summed E-state index contributed by atoms with van der Waals surface area (Å²) in [5.74, 6) is -0.491. The largest absolute Gasteiger partial charge is 0.469 e. The van der Waals surface area contributed by atoms with Crippen LogP contribution >= 0.6 is 0 Å². The first-order valence-corrected chi connectivity index (χ1v) is 6.94. The molecule has 6 heteroatoms. The Morgan fingerprint density at radius 2 is 1.85 bits per heavy atom. The van der Waals surface area contributed by atoms with E-state index in [4.69, 9.17) is 4.74 Å². The topological polar surface area (TPSA) is 84.9 Å². The second-order valence-corrected chi connectivity index (χ2v) is 6.29. The molecule has 1 amide bonds. The zero-order valence-electron chi connectivity index (χ0n) is 12.7. The summed E-state index contributed by atoms with van der Waals surface area (Å²) >= 11 is 0. The van der Waals surface area contributed by atoms with Crippen molar-refractivity contribution in [1.82, 2.24) is 5.32 Å². The summed E-state index contributed by atoms with van der Waals surface area (Å²) in [5, 5.41) is 13.0. The van der Waals surface area contributed by atoms with E-state index in [0.29, 0.717) is 12.8 Å². The molecule has 1 unspecified atom stereocenters. The van der Waals surface area contributed by atoms with Crippen molar-refractivity contribution in [2.45, 2.75) is 70.1 Å². The van der Waals surface area contributed by atoms with Gasteiger partial charge in [0.2, 0.25) is 0 Å². The maximum absolute atomic E-state index is 11.9. The van der Waals surface area contributed by atoms with Gasteiger partial charge in [-0.1, -0.05) is 12.8 Å². The molecule has 1 aliphatic carbocycles. The second-order valence-electron chi connectivity index (χ2n) is 6.29. The third-order valence-corrected chi connectivity index (χ3v) is 3.47. The van der Waals surface area contributed by atoms with Crippen LogP contribution in [0.2, 0.25) is 0 Å². The van der Waals surface area contributed by atoms with Crippen LogP contribution in [0.15, 0.2) is 0 Å². The van der Waals surface area contributed by atoms with Crippen molar-refractivity contribution in [3.8, 4) is 0 Å². The van der Waals surface area contributed by atoms with E-state index in [-0.39, 0.29) is 6.42 Å². The summed E-state index contributed by atoms with van der Waals surface area (Å²) in [4.78, 5) is 23.2. The number of hydrogen-bond acceptors (Lipinski definition) is 5. The molecule has 20 heavy (non-hydrogen) atoms. The summed E-state index contributed by atoms with van der Waals surface area (Å²) in [6.45, 7) is 5.33. The third-order valence-electron chi connectivity index (χ3n) is 3.47. The van der Waals surface area contributed by atoms with Gasteiger partial charge < -0.3 is 19.9 Å². The Labute approximate surface area is 119 Å². The molecule has 1 fully saturated rings. The first kappa shape index (κ1) is 16.8. The molecule has 0 radical (unpaired) electrons. The van der Waals surface area contributed by atoms with Gasteiger partial charge in [-0.05, 0) is 33.6 Å². The minimum atomic E-state index is -0.968. The predicted octanol–water partition coefficient (Wildman–Crippen LogP) is 1.75. The first-order valence-electron chi connectivity index (χ1n) is 6.94. The molecule has 1 saturated carbocycles. The molecule has 1 rings (SSSR count). The van der Waals surface area contributed by atoms with Crippen LogP contribution in [0.3, 0.4) is 0 Å². The average molecular weight is 287 g/mol. The minimum absolute atomic E-state index is 0.133. The van der Waals surface area contributed by atoms with Crippen LogP contribution < -0.4 is 5.32 Å². The molecule has 116 valence electrons. The predicted molar refractivity (Wildman–Crippen MR) is 73.2 cm³/mol. The molecule has 0 bridgehead atoms. The summed E-state index contributed by atoms with van der Waals surface area (Å²) in [6.07, 6.45) is 1.39. The zero-order chi connectivity index (χ0) is 15.4. The van der Waals surface area contributed by atoms with Crippen molar-refractivity contribution in [2.75, 3.05) is 7.11 Å². The molecule has 6 nitrogen and oxygen atoms in total. The fraction of sp³-hybridized carbons (Fsp3) is 0.857. The van der Waals surface area contributed by atoms with Crippen LogP contribution in [0.1, 0.15) is 52.9 Å². The van der Waals surface area contributed by atoms with Gasteiger partial charge in [0.05, 0.1) is 25.2 Å². The van der Waals surface area contributed by atoms with Gasteiger partial charge >= 0.3 is 12.1 Å². The number of carbonyl (C=O) groups excluding carboxylic acids is 2. The van der Waals surface area contributed by atoms with Gasteiger partial charge in [-0.25, -0.2) is 4.79 Å². The van der Waals surface area contributed by atoms with Crippen molar-refractivity contribution >= 4 is 12.1 Å². The maximum Gasteiger partial charge on any atom is 0.408 e. The molecular weight excluding hydrogens is 262 g/mol. The molecule has 1 aliphatic rings. The Hall–Kier alpha value is -1.30. The summed E-state index contributed by atoms with van der Waals surface area (Å²) < 4.78 is 9.80. The lowest BCUT2D eigenvalue weighted by Gasteiger charge is -2.35. The smallest absolute Gasteiger partial charge is 0.408 e. The van der Waals surface area contributed by atoms with E-state index in [9.17, 15) is 14.7 Å². The highest BCUT2D eigenvalue weighted by Gasteiger charge is 2.43. The molecular formula is C14H25NO5. The highest BCUT2D eigenvalue weighted by atomic mass is 16.6. The molecule has 0 spiro atoms. The Morgan fingerprint density at radius 3 is 2.30 bits per heavy atom. The van der Waals surface area contributed by atoms with Gasteiger partial charge in [-0.3, -0.25) is 4.79 Å². The van der Waals surface area contributed by atoms with Crippen LogP contribution in [-0.2, 0) is 14.3 Å². The number of aliphatic hydroxyl groups excluding tert-OH is 1. The number of aliphatic hydroxyl groups is 1. The fourth-order valence-corrected chi connectivity index (χ4v) is 2.49. The Morgan fingerprint density at radius 1 is 1.30 bits per heavy atom. The normalized spacial score (nSPS) is 19.2. The van der Waals surface area contributed by atoms with E-state index >= 15 is 0 Å². The molecule has 0 aromatic rings. The monoisotopic (exact) mass is 287 g/mol. The quantitative estimate of drug-likeness (QED) is 0.769. The fourth-order valence-electron chi connectivity index (χ4n) is 2.49. The molecule has 0 aromatic heterocycles. The van der Waals surface area contributed by atoms with Crippen molar-refractivity contribution in [3.63, 3.8) is 0 Å². The van der Waals surface area contributed by atoms with E-state index in [0.717, 1.165) is 12.8 Å². The highest BCUT2D eigenvalue weighted by molar-refractivity contribution is 5.71. The van der Waals surface area contributed by atoms with Gasteiger partial charge in [0, 0.05) is 0 Å². The van der Waals surface area contributed by atoms with E-state index in [1.807, 2.05) is 0 Å². The van der Waals surface area contributed by atoms with Crippen LogP contribution in [-0.4, -0.2) is 41.5 Å². The highest BCUT2D eigenvalue weighted by Crippen LogP contribution is 2.34. The number of amides is 1. The lowest BCUT2D eigenvalue weighted by molar-refractivity contribution is -0.144. The van der Waals surface area contributed by atoms with Gasteiger partial charge in [0.1, 0.15) is 5.60 Å². The van der Waals surface area contributed by atoms with Crippen molar-refractivity contribution in [2.24, 2.45) is 0 Å². The van der Waals surface area contributed by atoms with E-state index < -0.39 is 29.3 Å². The standard InChI is InChI=1S/C14H25NO5/c1-13(2,3)20-12(18)15-14(7-5-6-8-14)10(16)9-11(17)19-4/h10,16H,5-9H2,1-4H3,(H,15,18). The number of nitrogens with one attached hydrogen (secondary N) is 1. The molecule has 0 aromatic carbocycles. The molecule has 0 heterocycles. The van der Waals surface area contributed by atoms with Crippen LogP contribution in [0.4, 0.5) is 4.79 Å². The molecule has 1 atom stereocenters. The van der Waals surface area contributed by atoms with Crippen LogP contribution in [0.25, 0.3) is 0 Å². The number of esters is 1. The second kappa shape index (κ2) is 6.43. The summed E-state index contributed by atoms with van der Waals surface area (Å²) in [7, 11) is 1.28. The minimum Gasteiger partial charge on any atom is -0.469 e. The van der Waals surface area contributed by atoms with Gasteiger partial charge in [0.25, 0.3) is 0 Å². The SMILES string of the molecule is COC(=O)CC(O)C1(NC(=O)OC(C)(C)C)CCCC1. The van der Waals surface area contributed by atoms with E-state index in [2.05, 4.69) is 10.1 Å². The van der Waals surface area contributed by atoms with Crippen molar-refractivity contribution in [3.05, 3.63) is 0 Å². The van der Waals surface area contributed by atoms with Gasteiger partial charge in [0.15, 0.2) is 0 Å². The van der Waals surface area contributed by atoms with E-state index in [1.165, 1.54) is 7.11 Å². The van der Waals surface area contributed by atoms with Crippen LogP contribution in [0, 0.1) is 0 Å². The van der Waals surface area contributed by atoms with Crippen molar-refractivity contribution < 1.29 is 24.2 Å². The number of methoxy groups -OCH3 is 1. The number of carbonyl (C=O) groups is 2. The molecule has 2 N–H and O–H groups in total. The third kappa shape index (κ3) is 4.67. The lowest BCUT2D eigenvalue weighted by Crippen LogP contribution is -2.56. The maximum atomic E-state index is 11.9. The van der Waals surface area contributed by atoms with Crippen molar-refractivity contribution in [1.29, 1.82) is 0 Å². The number of ether oxygens (including phenoxy) is 2. The Kier molecular flexibility index (Phi) is 5.39. The lowest BCUT2D eigenvalue weighted by atomic mass is 9.88. The number of hydrogen-bond donors (Lipinski definition) is 2. The number of rotatable bonds is 4. The Balaban J connectivity index is 2.72. The van der Waals surface area contributed by atoms with Gasteiger partial charge in [-0.2, -0.15) is 0 Å². The first-order chi connectivity index (χ1) is 9.18.